The van der Waals surface area contributed by atoms with Crippen molar-refractivity contribution in [1.29, 1.82) is 0 Å². The zero-order chi connectivity index (χ0) is 23.4. The standard InChI is InChI=1S/C23H15ClN4O5/c24-16-12-15(28(31)32)10-11-17(16)27-22(29)21(14-6-2-1-3-7-14)33-23(30)20-13-25-18-8-4-5-9-19(18)26-20/h1-13,21H,(H,27,29). The van der Waals surface area contributed by atoms with Crippen molar-refractivity contribution in [2.75, 3.05) is 5.32 Å². The van der Waals surface area contributed by atoms with Crippen LogP contribution in [0, 0.1) is 10.1 Å². The Kier molecular flexibility index (Phi) is 6.23. The van der Waals surface area contributed by atoms with Crippen molar-refractivity contribution in [2.45, 2.75) is 6.10 Å². The summed E-state index contributed by atoms with van der Waals surface area (Å²) in [7, 11) is 0. The quantitative estimate of drug-likeness (QED) is 0.249. The number of nitro benzene ring substituents is 1. The summed E-state index contributed by atoms with van der Waals surface area (Å²) in [4.78, 5) is 44.6. The van der Waals surface area contributed by atoms with Crippen molar-refractivity contribution in [3.63, 3.8) is 0 Å². The van der Waals surface area contributed by atoms with Gasteiger partial charge in [-0.25, -0.2) is 9.78 Å². The Bertz CT molecular complexity index is 1360. The van der Waals surface area contributed by atoms with Crippen LogP contribution < -0.4 is 5.32 Å². The summed E-state index contributed by atoms with van der Waals surface area (Å²) < 4.78 is 5.50. The molecule has 0 radical (unpaired) electrons. The van der Waals surface area contributed by atoms with Crippen LogP contribution in [0.15, 0.2) is 79.0 Å². The number of benzene rings is 3. The number of hydrogen-bond donors (Lipinski definition) is 1. The van der Waals surface area contributed by atoms with Crippen LogP contribution in [0.25, 0.3) is 11.0 Å². The first-order chi connectivity index (χ1) is 15.9. The van der Waals surface area contributed by atoms with Crippen LogP contribution in [-0.4, -0.2) is 26.8 Å². The first-order valence-electron chi connectivity index (χ1n) is 9.65. The number of rotatable bonds is 6. The van der Waals surface area contributed by atoms with Crippen LogP contribution in [0.1, 0.15) is 22.2 Å². The minimum Gasteiger partial charge on any atom is -0.443 e. The number of non-ortho nitro benzene ring substituents is 1. The molecule has 1 amide bonds. The summed E-state index contributed by atoms with van der Waals surface area (Å²) in [6.07, 6.45) is -0.0594. The lowest BCUT2D eigenvalue weighted by atomic mass is 10.1. The number of nitrogens with one attached hydrogen (secondary N) is 1. The van der Waals surface area contributed by atoms with E-state index < -0.39 is 22.9 Å². The summed E-state index contributed by atoms with van der Waals surface area (Å²) in [6.45, 7) is 0. The molecule has 0 spiro atoms. The van der Waals surface area contributed by atoms with Crippen molar-refractivity contribution < 1.29 is 19.2 Å². The summed E-state index contributed by atoms with van der Waals surface area (Å²) in [5.41, 5.74) is 1.38. The van der Waals surface area contributed by atoms with E-state index in [0.29, 0.717) is 16.6 Å². The van der Waals surface area contributed by atoms with Crippen molar-refractivity contribution in [1.82, 2.24) is 9.97 Å². The molecule has 1 heterocycles. The molecule has 33 heavy (non-hydrogen) atoms. The second-order valence-electron chi connectivity index (χ2n) is 6.85. The number of para-hydroxylation sites is 2. The second kappa shape index (κ2) is 9.41. The Balaban J connectivity index is 1.60. The molecule has 4 aromatic rings. The highest BCUT2D eigenvalue weighted by Crippen LogP contribution is 2.29. The molecule has 9 nitrogen and oxygen atoms in total. The van der Waals surface area contributed by atoms with Gasteiger partial charge in [-0.2, -0.15) is 0 Å². The van der Waals surface area contributed by atoms with Gasteiger partial charge < -0.3 is 10.1 Å². The average molecular weight is 463 g/mol. The molecule has 0 saturated carbocycles. The van der Waals surface area contributed by atoms with Gasteiger partial charge in [-0.05, 0) is 18.2 Å². The van der Waals surface area contributed by atoms with Crippen LogP contribution >= 0.6 is 11.6 Å². The Morgan fingerprint density at radius 2 is 1.70 bits per heavy atom. The number of nitrogens with zero attached hydrogens (tertiary/aromatic N) is 3. The number of anilines is 1. The number of halogens is 1. The molecule has 1 unspecified atom stereocenters. The average Bonchev–Trinajstić information content (AvgIpc) is 2.83. The second-order valence-corrected chi connectivity index (χ2v) is 7.26. The van der Waals surface area contributed by atoms with Gasteiger partial charge in [0.15, 0.2) is 5.69 Å². The van der Waals surface area contributed by atoms with E-state index in [1.165, 1.54) is 18.3 Å². The van der Waals surface area contributed by atoms with Gasteiger partial charge >= 0.3 is 5.97 Å². The van der Waals surface area contributed by atoms with E-state index in [1.807, 2.05) is 0 Å². The molecule has 0 aliphatic carbocycles. The van der Waals surface area contributed by atoms with Crippen LogP contribution in [0.5, 0.6) is 0 Å². The fourth-order valence-electron chi connectivity index (χ4n) is 3.04. The predicted molar refractivity (Wildman–Crippen MR) is 121 cm³/mol. The molecule has 0 saturated heterocycles. The molecule has 10 heteroatoms. The van der Waals surface area contributed by atoms with Crippen LogP contribution in [0.2, 0.25) is 5.02 Å². The van der Waals surface area contributed by atoms with E-state index in [-0.39, 0.29) is 22.1 Å². The van der Waals surface area contributed by atoms with Gasteiger partial charge in [0, 0.05) is 17.7 Å². The molecular weight excluding hydrogens is 448 g/mol. The number of nitro groups is 1. The lowest BCUT2D eigenvalue weighted by Crippen LogP contribution is -2.26. The minimum absolute atomic E-state index is 0.0314. The largest absolute Gasteiger partial charge is 0.443 e. The smallest absolute Gasteiger partial charge is 0.359 e. The SMILES string of the molecule is O=C(OC(C(=O)Nc1ccc([N+](=O)[O-])cc1Cl)c1ccccc1)c1cnc2ccccc2n1. The fraction of sp³-hybridized carbons (Fsp3) is 0.0435. The molecule has 3 aromatic carbocycles. The summed E-state index contributed by atoms with van der Waals surface area (Å²) >= 11 is 6.08. The summed E-state index contributed by atoms with van der Waals surface area (Å²) in [5.74, 6) is -1.54. The maximum absolute atomic E-state index is 13.0. The fourth-order valence-corrected chi connectivity index (χ4v) is 3.26. The van der Waals surface area contributed by atoms with Gasteiger partial charge in [0.05, 0.1) is 32.9 Å². The highest BCUT2D eigenvalue weighted by atomic mass is 35.5. The maximum Gasteiger partial charge on any atom is 0.359 e. The molecule has 0 bridgehead atoms. The van der Waals surface area contributed by atoms with E-state index in [1.54, 1.807) is 54.6 Å². The molecule has 1 aromatic heterocycles. The summed E-state index contributed by atoms with van der Waals surface area (Å²) in [6, 6.07) is 19.0. The van der Waals surface area contributed by atoms with Gasteiger partial charge in [0.25, 0.3) is 11.6 Å². The van der Waals surface area contributed by atoms with Gasteiger partial charge in [-0.15, -0.1) is 0 Å². The third-order valence-electron chi connectivity index (χ3n) is 4.64. The van der Waals surface area contributed by atoms with Crippen molar-refractivity contribution in [2.24, 2.45) is 0 Å². The third-order valence-corrected chi connectivity index (χ3v) is 4.96. The number of esters is 1. The zero-order valence-corrected chi connectivity index (χ0v) is 17.6. The molecule has 1 N–H and O–H groups in total. The van der Waals surface area contributed by atoms with Gasteiger partial charge in [-0.1, -0.05) is 54.1 Å². The van der Waals surface area contributed by atoms with E-state index >= 15 is 0 Å². The predicted octanol–water partition coefficient (Wildman–Crippen LogP) is 4.73. The number of fused-ring (bicyclic) bond motifs is 1. The highest BCUT2D eigenvalue weighted by Gasteiger charge is 2.27. The van der Waals surface area contributed by atoms with Crippen LogP contribution in [0.4, 0.5) is 11.4 Å². The van der Waals surface area contributed by atoms with Gasteiger partial charge in [0.1, 0.15) is 0 Å². The summed E-state index contributed by atoms with van der Waals surface area (Å²) in [5, 5.41) is 13.4. The van der Waals surface area contributed by atoms with Crippen LogP contribution in [-0.2, 0) is 9.53 Å². The van der Waals surface area contributed by atoms with Gasteiger partial charge in [-0.3, -0.25) is 19.9 Å². The van der Waals surface area contributed by atoms with Crippen molar-refractivity contribution in [3.8, 4) is 0 Å². The van der Waals surface area contributed by atoms with Crippen molar-refractivity contribution >= 4 is 45.9 Å². The lowest BCUT2D eigenvalue weighted by Gasteiger charge is -2.18. The topological polar surface area (TPSA) is 124 Å². The molecule has 0 fully saturated rings. The first kappa shape index (κ1) is 21.8. The van der Waals surface area contributed by atoms with Gasteiger partial charge in [0.2, 0.25) is 6.10 Å². The zero-order valence-electron chi connectivity index (χ0n) is 16.8. The Labute approximate surface area is 192 Å². The number of hydrogen-bond acceptors (Lipinski definition) is 7. The molecular formula is C23H15ClN4O5. The minimum atomic E-state index is -1.33. The normalized spacial score (nSPS) is 11.5. The van der Waals surface area contributed by atoms with E-state index in [0.717, 1.165) is 6.07 Å². The molecule has 4 rings (SSSR count). The Hall–Kier alpha value is -4.37. The number of carbonyl (C=O) groups is 2. The Morgan fingerprint density at radius 1 is 1.00 bits per heavy atom. The Morgan fingerprint density at radius 3 is 2.39 bits per heavy atom. The van der Waals surface area contributed by atoms with Crippen LogP contribution in [0.3, 0.4) is 0 Å². The number of amides is 1. The lowest BCUT2D eigenvalue weighted by molar-refractivity contribution is -0.384. The number of aromatic nitrogens is 2. The molecule has 1 atom stereocenters. The number of carbonyl (C=O) groups excluding carboxylic acids is 2. The van der Waals surface area contributed by atoms with Crippen molar-refractivity contribution in [3.05, 3.63) is 105 Å². The van der Waals surface area contributed by atoms with E-state index in [4.69, 9.17) is 16.3 Å². The maximum atomic E-state index is 13.0. The third kappa shape index (κ3) is 4.94. The number of ether oxygens (including phenoxy) is 1. The molecule has 0 aliphatic rings. The van der Waals surface area contributed by atoms with E-state index in [2.05, 4.69) is 15.3 Å². The highest BCUT2D eigenvalue weighted by molar-refractivity contribution is 6.34. The molecule has 0 aliphatic heterocycles. The first-order valence-corrected chi connectivity index (χ1v) is 10.0. The monoisotopic (exact) mass is 462 g/mol. The van der Waals surface area contributed by atoms with E-state index in [9.17, 15) is 19.7 Å². The molecule has 164 valence electrons.